The van der Waals surface area contributed by atoms with Gasteiger partial charge in [-0.15, -0.1) is 0 Å². The van der Waals surface area contributed by atoms with Crippen LogP contribution in [-0.4, -0.2) is 33.8 Å². The molecule has 1 unspecified atom stereocenters. The highest BCUT2D eigenvalue weighted by atomic mass is 19.4. The van der Waals surface area contributed by atoms with Crippen molar-refractivity contribution < 1.29 is 18.0 Å². The number of halogens is 3. The lowest BCUT2D eigenvalue weighted by molar-refractivity contribution is -0.141. The summed E-state index contributed by atoms with van der Waals surface area (Å²) >= 11 is 0. The largest absolute Gasteiger partial charge is 0.435 e. The molecule has 1 aliphatic rings. The molecule has 1 N–H and O–H groups in total. The molecule has 162 valence electrons. The van der Waals surface area contributed by atoms with E-state index in [-0.39, 0.29) is 11.9 Å². The summed E-state index contributed by atoms with van der Waals surface area (Å²) in [7, 11) is 0. The smallest absolute Gasteiger partial charge is 0.369 e. The Morgan fingerprint density at radius 2 is 1.97 bits per heavy atom. The zero-order valence-electron chi connectivity index (χ0n) is 16.7. The number of hydrogen-bond donors (Lipinski definition) is 1. The number of benzene rings is 1. The summed E-state index contributed by atoms with van der Waals surface area (Å²) < 4.78 is 40.0. The third-order valence-corrected chi connectivity index (χ3v) is 5.31. The van der Waals surface area contributed by atoms with Gasteiger partial charge < -0.3 is 10.2 Å². The molecule has 1 fully saturated rings. The van der Waals surface area contributed by atoms with Gasteiger partial charge in [-0.1, -0.05) is 30.3 Å². The van der Waals surface area contributed by atoms with Gasteiger partial charge in [0, 0.05) is 37.7 Å². The maximum absolute atomic E-state index is 12.9. The van der Waals surface area contributed by atoms with Crippen LogP contribution in [0.1, 0.15) is 40.6 Å². The molecule has 0 radical (unpaired) electrons. The van der Waals surface area contributed by atoms with Crippen LogP contribution in [0.2, 0.25) is 0 Å². The fraction of sp³-hybridized carbons (Fsp3) is 0.318. The Labute approximate surface area is 177 Å². The highest BCUT2D eigenvalue weighted by molar-refractivity contribution is 5.93. The summed E-state index contributed by atoms with van der Waals surface area (Å²) in [4.78, 5) is 18.7. The molecule has 3 heterocycles. The van der Waals surface area contributed by atoms with Crippen molar-refractivity contribution >= 4 is 11.6 Å². The van der Waals surface area contributed by atoms with Crippen molar-refractivity contribution in [3.63, 3.8) is 0 Å². The summed E-state index contributed by atoms with van der Waals surface area (Å²) in [5, 5.41) is 6.58. The number of nitrogens with zero attached hydrogens (tertiary/aromatic N) is 4. The maximum Gasteiger partial charge on any atom is 0.435 e. The average molecular weight is 429 g/mol. The van der Waals surface area contributed by atoms with Gasteiger partial charge in [0.2, 0.25) is 0 Å². The summed E-state index contributed by atoms with van der Waals surface area (Å²) in [6, 6.07) is 13.9. The molecule has 1 aliphatic heterocycles. The molecular formula is C22H22F3N5O. The first-order chi connectivity index (χ1) is 14.9. The molecule has 9 heteroatoms. The van der Waals surface area contributed by atoms with E-state index in [1.165, 1.54) is 10.9 Å². The molecule has 3 aromatic rings. The van der Waals surface area contributed by atoms with Crippen molar-refractivity contribution in [3.05, 3.63) is 77.9 Å². The number of anilines is 1. The molecule has 1 amide bonds. The molecule has 2 aromatic heterocycles. The number of carbonyl (C=O) groups is 1. The summed E-state index contributed by atoms with van der Waals surface area (Å²) in [6.07, 6.45) is 0.0550. The Bertz CT molecular complexity index is 1030. The topological polar surface area (TPSA) is 63.1 Å². The number of nitrogens with one attached hydrogen (secondary N) is 1. The fourth-order valence-electron chi connectivity index (χ4n) is 3.71. The van der Waals surface area contributed by atoms with Crippen LogP contribution in [0.4, 0.5) is 18.9 Å². The number of piperidine rings is 1. The second-order valence-electron chi connectivity index (χ2n) is 7.49. The average Bonchev–Trinajstić information content (AvgIpc) is 3.29. The van der Waals surface area contributed by atoms with Crippen LogP contribution in [0.3, 0.4) is 0 Å². The van der Waals surface area contributed by atoms with Crippen molar-refractivity contribution in [1.29, 1.82) is 0 Å². The maximum atomic E-state index is 12.9. The first-order valence-electron chi connectivity index (χ1n) is 10.1. The van der Waals surface area contributed by atoms with Gasteiger partial charge in [0.1, 0.15) is 5.69 Å². The van der Waals surface area contributed by atoms with Crippen molar-refractivity contribution in [1.82, 2.24) is 20.1 Å². The standard InChI is InChI=1S/C22H22F3N5O/c23-22(24,25)20-9-12-30(28-20)18-7-4-11-29(15-18)17-8-10-26-19(13-17)21(31)27-14-16-5-2-1-3-6-16/h1-3,5-6,8-10,12-13,18H,4,7,11,14-15H2,(H,27,31). The minimum Gasteiger partial charge on any atom is -0.369 e. The number of pyridine rings is 1. The predicted octanol–water partition coefficient (Wildman–Crippen LogP) is 4.07. The molecule has 0 saturated carbocycles. The predicted molar refractivity (Wildman–Crippen MR) is 110 cm³/mol. The van der Waals surface area contributed by atoms with Crippen molar-refractivity contribution in [2.45, 2.75) is 31.6 Å². The van der Waals surface area contributed by atoms with Crippen molar-refractivity contribution in [2.24, 2.45) is 0 Å². The van der Waals surface area contributed by atoms with Crippen LogP contribution in [0, 0.1) is 0 Å². The van der Waals surface area contributed by atoms with Gasteiger partial charge >= 0.3 is 6.18 Å². The van der Waals surface area contributed by atoms with E-state index in [0.29, 0.717) is 18.8 Å². The lowest BCUT2D eigenvalue weighted by Gasteiger charge is -2.34. The number of alkyl halides is 3. The van der Waals surface area contributed by atoms with Crippen LogP contribution < -0.4 is 10.2 Å². The summed E-state index contributed by atoms with van der Waals surface area (Å²) in [5.41, 5.74) is 1.22. The molecule has 0 bridgehead atoms. The van der Waals surface area contributed by atoms with Gasteiger partial charge in [0.25, 0.3) is 5.91 Å². The SMILES string of the molecule is O=C(NCc1ccccc1)c1cc(N2CCCC(n3ccc(C(F)(F)F)n3)C2)ccn1. The van der Waals surface area contributed by atoms with E-state index in [4.69, 9.17) is 0 Å². The van der Waals surface area contributed by atoms with Crippen LogP contribution in [0.15, 0.2) is 60.9 Å². The number of aromatic nitrogens is 3. The molecule has 1 atom stereocenters. The Morgan fingerprint density at radius 1 is 1.16 bits per heavy atom. The van der Waals surface area contributed by atoms with E-state index in [9.17, 15) is 18.0 Å². The summed E-state index contributed by atoms with van der Waals surface area (Å²) in [5.74, 6) is -0.277. The van der Waals surface area contributed by atoms with E-state index in [0.717, 1.165) is 36.7 Å². The van der Waals surface area contributed by atoms with Gasteiger partial charge in [0.15, 0.2) is 5.69 Å². The quantitative estimate of drug-likeness (QED) is 0.664. The Morgan fingerprint density at radius 3 is 2.71 bits per heavy atom. The minimum absolute atomic E-state index is 0.173. The Balaban J connectivity index is 1.43. The number of amides is 1. The van der Waals surface area contributed by atoms with E-state index < -0.39 is 11.9 Å². The highest BCUT2D eigenvalue weighted by Crippen LogP contribution is 2.30. The van der Waals surface area contributed by atoms with E-state index in [1.807, 2.05) is 30.3 Å². The fourth-order valence-corrected chi connectivity index (χ4v) is 3.71. The molecule has 0 aliphatic carbocycles. The Kier molecular flexibility index (Phi) is 5.92. The number of rotatable bonds is 5. The van der Waals surface area contributed by atoms with Crippen LogP contribution in [-0.2, 0) is 12.7 Å². The molecule has 6 nitrogen and oxygen atoms in total. The van der Waals surface area contributed by atoms with Crippen molar-refractivity contribution in [2.75, 3.05) is 18.0 Å². The van der Waals surface area contributed by atoms with Gasteiger partial charge in [-0.05, 0) is 36.6 Å². The molecule has 0 spiro atoms. The first kappa shape index (κ1) is 20.9. The lowest BCUT2D eigenvalue weighted by atomic mass is 10.1. The third kappa shape index (κ3) is 5.04. The van der Waals surface area contributed by atoms with E-state index >= 15 is 0 Å². The highest BCUT2D eigenvalue weighted by Gasteiger charge is 2.34. The van der Waals surface area contributed by atoms with Crippen LogP contribution >= 0.6 is 0 Å². The van der Waals surface area contributed by atoms with Crippen molar-refractivity contribution in [3.8, 4) is 0 Å². The van der Waals surface area contributed by atoms with Crippen LogP contribution in [0.5, 0.6) is 0 Å². The molecule has 31 heavy (non-hydrogen) atoms. The molecule has 1 aromatic carbocycles. The molecular weight excluding hydrogens is 407 g/mol. The second kappa shape index (κ2) is 8.79. The third-order valence-electron chi connectivity index (χ3n) is 5.31. The lowest BCUT2D eigenvalue weighted by Crippen LogP contribution is -2.37. The van der Waals surface area contributed by atoms with E-state index in [1.54, 1.807) is 18.3 Å². The number of hydrogen-bond acceptors (Lipinski definition) is 4. The Hall–Kier alpha value is -3.36. The van der Waals surface area contributed by atoms with Gasteiger partial charge in [-0.25, -0.2) is 0 Å². The number of carbonyl (C=O) groups excluding carboxylic acids is 1. The zero-order chi connectivity index (χ0) is 21.8. The zero-order valence-corrected chi connectivity index (χ0v) is 16.7. The molecule has 1 saturated heterocycles. The summed E-state index contributed by atoms with van der Waals surface area (Å²) in [6.45, 7) is 1.66. The van der Waals surface area contributed by atoms with E-state index in [2.05, 4.69) is 20.3 Å². The first-order valence-corrected chi connectivity index (χ1v) is 10.1. The normalized spacial score (nSPS) is 16.9. The van der Waals surface area contributed by atoms with Crippen LogP contribution in [0.25, 0.3) is 0 Å². The monoisotopic (exact) mass is 429 g/mol. The van der Waals surface area contributed by atoms with Gasteiger partial charge in [-0.3, -0.25) is 14.5 Å². The van der Waals surface area contributed by atoms with Gasteiger partial charge in [0.05, 0.1) is 6.04 Å². The molecule has 4 rings (SSSR count). The van der Waals surface area contributed by atoms with Gasteiger partial charge in [-0.2, -0.15) is 18.3 Å². The second-order valence-corrected chi connectivity index (χ2v) is 7.49. The minimum atomic E-state index is -4.45.